The molecule has 0 saturated heterocycles. The molecule has 0 fully saturated rings. The largest absolute Gasteiger partial charge is 0.330 e. The highest BCUT2D eigenvalue weighted by atomic mass is 14.5. The summed E-state index contributed by atoms with van der Waals surface area (Å²) >= 11 is 0. The smallest absolute Gasteiger partial charge is 0.00860 e. The maximum Gasteiger partial charge on any atom is 0.00860 e. The van der Waals surface area contributed by atoms with Crippen molar-refractivity contribution in [1.29, 1.82) is 0 Å². The van der Waals surface area contributed by atoms with Crippen LogP contribution in [0.5, 0.6) is 0 Å². The Hall–Kier alpha value is -0.480. The lowest BCUT2D eigenvalue weighted by molar-refractivity contribution is 0.510. The van der Waals surface area contributed by atoms with Crippen LogP contribution in [0.3, 0.4) is 0 Å². The van der Waals surface area contributed by atoms with E-state index in [-0.39, 0.29) is 0 Å². The molecule has 1 heteroatoms. The third kappa shape index (κ3) is 5.65. The van der Waals surface area contributed by atoms with Crippen molar-refractivity contribution in [3.8, 4) is 12.3 Å². The van der Waals surface area contributed by atoms with Gasteiger partial charge in [0.05, 0.1) is 0 Å². The summed E-state index contributed by atoms with van der Waals surface area (Å²) in [6, 6.07) is 0. The molecule has 58 valence electrons. The summed E-state index contributed by atoms with van der Waals surface area (Å²) in [7, 11) is 0. The second-order valence-electron chi connectivity index (χ2n) is 2.79. The standard InChI is InChI=1S/C9H17N/c1-3-4-5-6-7-9(2)8-10/h1,9H,4-8,10H2,2H3. The summed E-state index contributed by atoms with van der Waals surface area (Å²) in [4.78, 5) is 0. The van der Waals surface area contributed by atoms with E-state index in [4.69, 9.17) is 12.2 Å². The highest BCUT2D eigenvalue weighted by molar-refractivity contribution is 4.82. The molecule has 0 aromatic heterocycles. The summed E-state index contributed by atoms with van der Waals surface area (Å²) < 4.78 is 0. The summed E-state index contributed by atoms with van der Waals surface area (Å²) in [5.41, 5.74) is 5.45. The normalized spacial score (nSPS) is 12.5. The van der Waals surface area contributed by atoms with Gasteiger partial charge in [-0.05, 0) is 25.3 Å². The first-order chi connectivity index (χ1) is 4.81. The van der Waals surface area contributed by atoms with Crippen molar-refractivity contribution in [2.24, 2.45) is 11.7 Å². The van der Waals surface area contributed by atoms with Gasteiger partial charge in [0, 0.05) is 6.42 Å². The Balaban J connectivity index is 2.98. The minimum absolute atomic E-state index is 0.665. The maximum atomic E-state index is 5.45. The van der Waals surface area contributed by atoms with Gasteiger partial charge in [-0.25, -0.2) is 0 Å². The number of unbranched alkanes of at least 4 members (excludes halogenated alkanes) is 2. The first kappa shape index (κ1) is 9.52. The second kappa shape index (κ2) is 6.64. The Kier molecular flexibility index (Phi) is 6.32. The van der Waals surface area contributed by atoms with Gasteiger partial charge in [-0.1, -0.05) is 13.3 Å². The van der Waals surface area contributed by atoms with Crippen molar-refractivity contribution < 1.29 is 0 Å². The van der Waals surface area contributed by atoms with Crippen LogP contribution < -0.4 is 5.73 Å². The van der Waals surface area contributed by atoms with E-state index < -0.39 is 0 Å². The number of hydrogen-bond donors (Lipinski definition) is 1. The Morgan fingerprint density at radius 3 is 2.70 bits per heavy atom. The zero-order chi connectivity index (χ0) is 7.82. The van der Waals surface area contributed by atoms with Crippen molar-refractivity contribution in [2.75, 3.05) is 6.54 Å². The van der Waals surface area contributed by atoms with Gasteiger partial charge >= 0.3 is 0 Å². The van der Waals surface area contributed by atoms with Gasteiger partial charge in [0.1, 0.15) is 0 Å². The molecule has 0 aromatic carbocycles. The molecule has 10 heavy (non-hydrogen) atoms. The van der Waals surface area contributed by atoms with Gasteiger partial charge in [-0.15, -0.1) is 12.3 Å². The molecule has 0 saturated carbocycles. The monoisotopic (exact) mass is 139 g/mol. The highest BCUT2D eigenvalue weighted by Gasteiger charge is 1.96. The minimum atomic E-state index is 0.665. The average Bonchev–Trinajstić information content (AvgIpc) is 1.98. The topological polar surface area (TPSA) is 26.0 Å². The van der Waals surface area contributed by atoms with Gasteiger partial charge in [-0.3, -0.25) is 0 Å². The molecule has 0 radical (unpaired) electrons. The van der Waals surface area contributed by atoms with Gasteiger partial charge in [0.25, 0.3) is 0 Å². The molecule has 0 aliphatic heterocycles. The van der Waals surface area contributed by atoms with Gasteiger partial charge < -0.3 is 5.73 Å². The average molecular weight is 139 g/mol. The molecule has 0 spiro atoms. The highest BCUT2D eigenvalue weighted by Crippen LogP contribution is 2.06. The molecule has 1 unspecified atom stereocenters. The molecule has 0 aliphatic carbocycles. The first-order valence-electron chi connectivity index (χ1n) is 3.94. The zero-order valence-corrected chi connectivity index (χ0v) is 6.77. The Labute approximate surface area is 64.0 Å². The molecule has 1 nitrogen and oxygen atoms in total. The van der Waals surface area contributed by atoms with E-state index in [0.717, 1.165) is 19.4 Å². The van der Waals surface area contributed by atoms with Crippen molar-refractivity contribution in [1.82, 2.24) is 0 Å². The third-order valence-corrected chi connectivity index (χ3v) is 1.67. The zero-order valence-electron chi connectivity index (χ0n) is 6.77. The predicted octanol–water partition coefficient (Wildman–Crippen LogP) is 1.77. The fraction of sp³-hybridized carbons (Fsp3) is 0.778. The summed E-state index contributed by atoms with van der Waals surface area (Å²) in [6.07, 6.45) is 9.62. The van der Waals surface area contributed by atoms with Crippen LogP contribution in [0, 0.1) is 18.3 Å². The lowest BCUT2D eigenvalue weighted by atomic mass is 10.0. The number of nitrogens with two attached hydrogens (primary N) is 1. The van der Waals surface area contributed by atoms with Gasteiger partial charge in [-0.2, -0.15) is 0 Å². The Morgan fingerprint density at radius 1 is 1.50 bits per heavy atom. The van der Waals surface area contributed by atoms with Crippen LogP contribution in [0.25, 0.3) is 0 Å². The third-order valence-electron chi connectivity index (χ3n) is 1.67. The molecule has 0 bridgehead atoms. The van der Waals surface area contributed by atoms with Crippen molar-refractivity contribution in [3.05, 3.63) is 0 Å². The van der Waals surface area contributed by atoms with Crippen molar-refractivity contribution in [3.63, 3.8) is 0 Å². The fourth-order valence-corrected chi connectivity index (χ4v) is 0.838. The number of hydrogen-bond acceptors (Lipinski definition) is 1. The SMILES string of the molecule is C#CCCCCC(C)CN. The lowest BCUT2D eigenvalue weighted by Gasteiger charge is -2.05. The molecule has 1 atom stereocenters. The minimum Gasteiger partial charge on any atom is -0.330 e. The molecule has 0 aliphatic rings. The lowest BCUT2D eigenvalue weighted by Crippen LogP contribution is -2.10. The Bertz CT molecular complexity index is 102. The Morgan fingerprint density at radius 2 is 2.20 bits per heavy atom. The molecule has 0 aromatic rings. The molecule has 0 amide bonds. The molecule has 0 heterocycles. The van der Waals surface area contributed by atoms with Gasteiger partial charge in [0.2, 0.25) is 0 Å². The summed E-state index contributed by atoms with van der Waals surface area (Å²) in [5, 5.41) is 0. The van der Waals surface area contributed by atoms with Crippen LogP contribution in [0.15, 0.2) is 0 Å². The quantitative estimate of drug-likeness (QED) is 0.456. The predicted molar refractivity (Wildman–Crippen MR) is 45.5 cm³/mol. The van der Waals surface area contributed by atoms with E-state index in [1.807, 2.05) is 0 Å². The molecule has 0 rings (SSSR count). The number of rotatable bonds is 5. The van der Waals surface area contributed by atoms with Gasteiger partial charge in [0.15, 0.2) is 0 Å². The maximum absolute atomic E-state index is 5.45. The van der Waals surface area contributed by atoms with E-state index in [1.54, 1.807) is 0 Å². The van der Waals surface area contributed by atoms with E-state index >= 15 is 0 Å². The van der Waals surface area contributed by atoms with E-state index in [0.29, 0.717) is 5.92 Å². The van der Waals surface area contributed by atoms with Crippen LogP contribution in [-0.2, 0) is 0 Å². The summed E-state index contributed by atoms with van der Waals surface area (Å²) in [5.74, 6) is 3.29. The van der Waals surface area contributed by atoms with E-state index in [1.165, 1.54) is 12.8 Å². The van der Waals surface area contributed by atoms with E-state index in [2.05, 4.69) is 12.8 Å². The van der Waals surface area contributed by atoms with Crippen LogP contribution in [-0.4, -0.2) is 6.54 Å². The number of terminal acetylenes is 1. The van der Waals surface area contributed by atoms with Crippen LogP contribution in [0.1, 0.15) is 32.6 Å². The fourth-order valence-electron chi connectivity index (χ4n) is 0.838. The molecule has 2 N–H and O–H groups in total. The second-order valence-corrected chi connectivity index (χ2v) is 2.79. The summed E-state index contributed by atoms with van der Waals surface area (Å²) in [6.45, 7) is 2.98. The molecular formula is C9H17N. The van der Waals surface area contributed by atoms with Crippen LogP contribution in [0.2, 0.25) is 0 Å². The molecular weight excluding hydrogens is 122 g/mol. The van der Waals surface area contributed by atoms with Crippen LogP contribution >= 0.6 is 0 Å². The van der Waals surface area contributed by atoms with Crippen molar-refractivity contribution in [2.45, 2.75) is 32.6 Å². The van der Waals surface area contributed by atoms with Crippen molar-refractivity contribution >= 4 is 0 Å². The van der Waals surface area contributed by atoms with Crippen LogP contribution in [0.4, 0.5) is 0 Å². The van der Waals surface area contributed by atoms with E-state index in [9.17, 15) is 0 Å². The first-order valence-corrected chi connectivity index (χ1v) is 3.94.